The first-order chi connectivity index (χ1) is 18.3. The van der Waals surface area contributed by atoms with Crippen molar-refractivity contribution in [1.82, 2.24) is 0 Å². The Balaban J connectivity index is 0.000000476. The van der Waals surface area contributed by atoms with Gasteiger partial charge in [0.05, 0.1) is 11.2 Å². The van der Waals surface area contributed by atoms with Crippen LogP contribution in [0.25, 0.3) is 43.4 Å². The van der Waals surface area contributed by atoms with Crippen molar-refractivity contribution >= 4 is 44.9 Å². The van der Waals surface area contributed by atoms with Crippen LogP contribution in [0.15, 0.2) is 91.0 Å². The molecular formula is C35H37BO2. The van der Waals surface area contributed by atoms with Gasteiger partial charge in [-0.1, -0.05) is 117 Å². The number of hydrogen-bond acceptors (Lipinski definition) is 2. The van der Waals surface area contributed by atoms with Crippen LogP contribution in [0, 0.1) is 0 Å². The van der Waals surface area contributed by atoms with Gasteiger partial charge in [0.2, 0.25) is 0 Å². The average molecular weight is 500 g/mol. The summed E-state index contributed by atoms with van der Waals surface area (Å²) >= 11 is 0. The molecule has 0 amide bonds. The van der Waals surface area contributed by atoms with E-state index in [-0.39, 0.29) is 18.3 Å². The van der Waals surface area contributed by atoms with E-state index in [1.54, 1.807) is 0 Å². The number of benzene rings is 5. The molecule has 2 fully saturated rings. The van der Waals surface area contributed by atoms with Crippen LogP contribution in [0.2, 0.25) is 0 Å². The van der Waals surface area contributed by atoms with Crippen molar-refractivity contribution in [3.63, 3.8) is 0 Å². The minimum absolute atomic E-state index is 0.335. The lowest BCUT2D eigenvalue weighted by molar-refractivity contribution is 0.00578. The summed E-state index contributed by atoms with van der Waals surface area (Å²) in [6.45, 7) is 8.35. The number of rotatable bonds is 2. The minimum atomic E-state index is -0.337. The fraction of sp³-hybridized carbons (Fsp3) is 0.314. The van der Waals surface area contributed by atoms with Crippen LogP contribution < -0.4 is 5.46 Å². The molecule has 0 unspecified atom stereocenters. The van der Waals surface area contributed by atoms with E-state index in [2.05, 4.69) is 119 Å². The van der Waals surface area contributed by atoms with Gasteiger partial charge >= 0.3 is 7.12 Å². The van der Waals surface area contributed by atoms with Gasteiger partial charge in [0.15, 0.2) is 0 Å². The zero-order valence-electron chi connectivity index (χ0n) is 23.1. The number of hydrogen-bond donors (Lipinski definition) is 0. The molecule has 7 rings (SSSR count). The van der Waals surface area contributed by atoms with E-state index in [0.717, 1.165) is 5.46 Å². The third kappa shape index (κ3) is 4.53. The predicted molar refractivity (Wildman–Crippen MR) is 163 cm³/mol. The van der Waals surface area contributed by atoms with Crippen LogP contribution in [0.1, 0.15) is 59.8 Å². The maximum absolute atomic E-state index is 6.22. The Labute approximate surface area is 227 Å². The smallest absolute Gasteiger partial charge is 0.399 e. The van der Waals surface area contributed by atoms with Crippen molar-refractivity contribution in [1.29, 1.82) is 0 Å². The maximum atomic E-state index is 6.22. The van der Waals surface area contributed by atoms with E-state index < -0.39 is 0 Å². The van der Waals surface area contributed by atoms with Crippen LogP contribution in [0.5, 0.6) is 0 Å². The highest BCUT2D eigenvalue weighted by molar-refractivity contribution is 6.62. The van der Waals surface area contributed by atoms with Crippen LogP contribution in [-0.2, 0) is 9.31 Å². The quantitative estimate of drug-likeness (QED) is 0.178. The van der Waals surface area contributed by atoms with Crippen molar-refractivity contribution in [2.75, 3.05) is 0 Å². The zero-order valence-corrected chi connectivity index (χ0v) is 23.1. The SMILES string of the molecule is C1CCCC1.CC1(C)OB(c2ccc(-c3ccc4c5ccccc5c5ccccc5c4c3)cc2)OC1(C)C. The monoisotopic (exact) mass is 500 g/mol. The molecule has 1 saturated heterocycles. The van der Waals surface area contributed by atoms with E-state index in [0.29, 0.717) is 0 Å². The molecule has 3 heteroatoms. The topological polar surface area (TPSA) is 18.5 Å². The van der Waals surface area contributed by atoms with Gasteiger partial charge in [0.1, 0.15) is 0 Å². The van der Waals surface area contributed by atoms with Gasteiger partial charge in [-0.2, -0.15) is 0 Å². The van der Waals surface area contributed by atoms with Crippen molar-refractivity contribution in [3.05, 3.63) is 91.0 Å². The lowest BCUT2D eigenvalue weighted by Crippen LogP contribution is -2.41. The lowest BCUT2D eigenvalue weighted by atomic mass is 9.78. The summed E-state index contributed by atoms with van der Waals surface area (Å²) in [6, 6.07) is 32.8. The highest BCUT2D eigenvalue weighted by atomic mass is 16.7. The largest absolute Gasteiger partial charge is 0.494 e. The molecule has 5 aromatic rings. The van der Waals surface area contributed by atoms with E-state index in [1.165, 1.54) is 75.5 Å². The normalized spacial score (nSPS) is 18.2. The average Bonchev–Trinajstić information content (AvgIpc) is 3.59. The fourth-order valence-corrected chi connectivity index (χ4v) is 5.78. The Bertz CT molecular complexity index is 1540. The molecule has 1 saturated carbocycles. The highest BCUT2D eigenvalue weighted by Gasteiger charge is 2.51. The number of fused-ring (bicyclic) bond motifs is 6. The first kappa shape index (κ1) is 25.2. The molecule has 38 heavy (non-hydrogen) atoms. The Hall–Kier alpha value is -3.14. The van der Waals surface area contributed by atoms with Crippen LogP contribution in [0.3, 0.4) is 0 Å². The Morgan fingerprint density at radius 2 is 0.868 bits per heavy atom. The van der Waals surface area contributed by atoms with Crippen LogP contribution >= 0.6 is 0 Å². The second-order valence-electron chi connectivity index (χ2n) is 11.8. The molecule has 0 bridgehead atoms. The molecule has 2 nitrogen and oxygen atoms in total. The van der Waals surface area contributed by atoms with Crippen molar-refractivity contribution in [3.8, 4) is 11.1 Å². The van der Waals surface area contributed by atoms with Gasteiger partial charge in [-0.25, -0.2) is 0 Å². The van der Waals surface area contributed by atoms with Crippen molar-refractivity contribution < 1.29 is 9.31 Å². The van der Waals surface area contributed by atoms with Gasteiger partial charge in [0.25, 0.3) is 0 Å². The minimum Gasteiger partial charge on any atom is -0.399 e. The van der Waals surface area contributed by atoms with E-state index in [4.69, 9.17) is 9.31 Å². The van der Waals surface area contributed by atoms with Gasteiger partial charge < -0.3 is 9.31 Å². The first-order valence-electron chi connectivity index (χ1n) is 14.1. The molecule has 5 aromatic carbocycles. The standard InChI is InChI=1S/C30H27BO2.C5H10/c1-29(2)30(3,4)33-31(32-29)22-16-13-20(14-17-22)21-15-18-27-25-11-6-5-9-23(25)24-10-7-8-12-26(24)28(27)19-21;1-2-4-5-3-1/h5-19H,1-4H3;1-5H2. The molecule has 0 aromatic heterocycles. The summed E-state index contributed by atoms with van der Waals surface area (Å²) in [6.07, 6.45) is 7.50. The molecule has 1 aliphatic heterocycles. The zero-order chi connectivity index (χ0) is 26.3. The molecular weight excluding hydrogens is 463 g/mol. The van der Waals surface area contributed by atoms with Crippen LogP contribution in [0.4, 0.5) is 0 Å². The molecule has 1 heterocycles. The van der Waals surface area contributed by atoms with E-state index >= 15 is 0 Å². The van der Waals surface area contributed by atoms with Gasteiger partial charge in [-0.3, -0.25) is 0 Å². The van der Waals surface area contributed by atoms with Gasteiger partial charge in [-0.05, 0) is 82.7 Å². The third-order valence-corrected chi connectivity index (χ3v) is 8.76. The summed E-state index contributed by atoms with van der Waals surface area (Å²) < 4.78 is 12.4. The highest BCUT2D eigenvalue weighted by Crippen LogP contribution is 2.38. The second kappa shape index (κ2) is 9.87. The molecule has 0 atom stereocenters. The molecule has 2 aliphatic rings. The third-order valence-electron chi connectivity index (χ3n) is 8.76. The van der Waals surface area contributed by atoms with Crippen molar-refractivity contribution in [2.45, 2.75) is 71.0 Å². The Morgan fingerprint density at radius 1 is 0.474 bits per heavy atom. The fourth-order valence-electron chi connectivity index (χ4n) is 5.78. The predicted octanol–water partition coefficient (Wildman–Crippen LogP) is 9.06. The Kier molecular flexibility index (Phi) is 6.54. The molecule has 1 aliphatic carbocycles. The molecule has 0 N–H and O–H groups in total. The van der Waals surface area contributed by atoms with Crippen molar-refractivity contribution in [2.24, 2.45) is 0 Å². The Morgan fingerprint density at radius 3 is 1.34 bits per heavy atom. The van der Waals surface area contributed by atoms with E-state index in [9.17, 15) is 0 Å². The second-order valence-corrected chi connectivity index (χ2v) is 11.8. The first-order valence-corrected chi connectivity index (χ1v) is 14.1. The maximum Gasteiger partial charge on any atom is 0.494 e. The molecule has 192 valence electrons. The summed E-state index contributed by atoms with van der Waals surface area (Å²) in [5.41, 5.74) is 2.78. The van der Waals surface area contributed by atoms with Gasteiger partial charge in [0, 0.05) is 0 Å². The molecule has 0 spiro atoms. The van der Waals surface area contributed by atoms with Crippen LogP contribution in [-0.4, -0.2) is 18.3 Å². The lowest BCUT2D eigenvalue weighted by Gasteiger charge is -2.32. The summed E-state index contributed by atoms with van der Waals surface area (Å²) in [7, 11) is -0.337. The summed E-state index contributed by atoms with van der Waals surface area (Å²) in [4.78, 5) is 0. The van der Waals surface area contributed by atoms with E-state index in [1.807, 2.05) is 0 Å². The molecule has 0 radical (unpaired) electrons. The summed E-state index contributed by atoms with van der Waals surface area (Å²) in [5.74, 6) is 0. The van der Waals surface area contributed by atoms with Gasteiger partial charge in [-0.15, -0.1) is 0 Å². The summed E-state index contributed by atoms with van der Waals surface area (Å²) in [5, 5.41) is 7.78.